The van der Waals surface area contributed by atoms with Crippen molar-refractivity contribution in [3.05, 3.63) is 29.8 Å². The van der Waals surface area contributed by atoms with E-state index in [9.17, 15) is 22.8 Å². The number of halogens is 3. The van der Waals surface area contributed by atoms with E-state index in [-0.39, 0.29) is 24.6 Å². The maximum atomic E-state index is 12.0. The summed E-state index contributed by atoms with van der Waals surface area (Å²) in [5.74, 6) is -1.37. The quantitative estimate of drug-likeness (QED) is 0.881. The van der Waals surface area contributed by atoms with Gasteiger partial charge in [-0.3, -0.25) is 9.59 Å². The summed E-state index contributed by atoms with van der Waals surface area (Å²) in [7, 11) is 1.41. The molecule has 0 saturated heterocycles. The first kappa shape index (κ1) is 15.8. The Morgan fingerprint density at radius 2 is 1.80 bits per heavy atom. The number of carbonyl (C=O) groups excluding carboxylic acids is 2. The number of likely N-dealkylation sites (N-methyl/N-ethyl adjacent to an activating group) is 1. The second-order valence-corrected chi connectivity index (χ2v) is 4.08. The molecule has 0 heterocycles. The van der Waals surface area contributed by atoms with Gasteiger partial charge in [-0.15, -0.1) is 13.2 Å². The van der Waals surface area contributed by atoms with Crippen LogP contribution in [0.1, 0.15) is 5.56 Å². The van der Waals surface area contributed by atoms with Gasteiger partial charge in [0.05, 0.1) is 13.0 Å². The van der Waals surface area contributed by atoms with Crippen LogP contribution in [0.4, 0.5) is 13.2 Å². The Morgan fingerprint density at radius 1 is 1.25 bits per heavy atom. The second kappa shape index (κ2) is 6.27. The normalized spacial score (nSPS) is 11.0. The topological polar surface area (TPSA) is 72.6 Å². The molecule has 8 heteroatoms. The molecule has 0 unspecified atom stereocenters. The highest BCUT2D eigenvalue weighted by molar-refractivity contribution is 5.84. The lowest BCUT2D eigenvalue weighted by Gasteiger charge is -2.15. The summed E-state index contributed by atoms with van der Waals surface area (Å²) < 4.78 is 39.6. The molecule has 0 atom stereocenters. The second-order valence-electron chi connectivity index (χ2n) is 4.08. The molecular weight excluding hydrogens is 277 g/mol. The van der Waals surface area contributed by atoms with Crippen molar-refractivity contribution in [1.82, 2.24) is 4.90 Å². The standard InChI is InChI=1S/C12H13F3N2O3/c1-17(7-10(16)18)11(19)6-8-2-4-9(5-3-8)20-12(13,14)15/h2-5H,6-7H2,1H3,(H2,16,18). The van der Waals surface area contributed by atoms with E-state index in [2.05, 4.69) is 4.74 Å². The molecule has 1 aromatic rings. The van der Waals surface area contributed by atoms with Gasteiger partial charge in [0.15, 0.2) is 0 Å². The number of hydrogen-bond acceptors (Lipinski definition) is 3. The number of nitrogens with two attached hydrogens (primary N) is 1. The molecule has 0 radical (unpaired) electrons. The fraction of sp³-hybridized carbons (Fsp3) is 0.333. The molecule has 0 saturated carbocycles. The maximum Gasteiger partial charge on any atom is 0.573 e. The van der Waals surface area contributed by atoms with E-state index >= 15 is 0 Å². The molecule has 0 spiro atoms. The lowest BCUT2D eigenvalue weighted by Crippen LogP contribution is -2.36. The molecular formula is C12H13F3N2O3. The molecule has 2 N–H and O–H groups in total. The van der Waals surface area contributed by atoms with Crippen LogP contribution in [0.5, 0.6) is 5.75 Å². The van der Waals surface area contributed by atoms with Crippen molar-refractivity contribution in [2.45, 2.75) is 12.8 Å². The Balaban J connectivity index is 2.61. The lowest BCUT2D eigenvalue weighted by molar-refractivity contribution is -0.274. The van der Waals surface area contributed by atoms with Crippen molar-refractivity contribution in [3.63, 3.8) is 0 Å². The molecule has 20 heavy (non-hydrogen) atoms. The minimum Gasteiger partial charge on any atom is -0.406 e. The van der Waals surface area contributed by atoms with Crippen LogP contribution in [-0.4, -0.2) is 36.7 Å². The van der Waals surface area contributed by atoms with Crippen LogP contribution in [0.2, 0.25) is 0 Å². The number of rotatable bonds is 5. The number of amides is 2. The van der Waals surface area contributed by atoms with Crippen LogP contribution in [0.25, 0.3) is 0 Å². The average Bonchev–Trinajstić information content (AvgIpc) is 2.28. The number of hydrogen-bond donors (Lipinski definition) is 1. The van der Waals surface area contributed by atoms with Gasteiger partial charge >= 0.3 is 6.36 Å². The summed E-state index contributed by atoms with van der Waals surface area (Å²) in [6, 6.07) is 4.92. The molecule has 0 aliphatic rings. The number of carbonyl (C=O) groups is 2. The Hall–Kier alpha value is -2.25. The van der Waals surface area contributed by atoms with E-state index < -0.39 is 12.3 Å². The molecule has 0 bridgehead atoms. The summed E-state index contributed by atoms with van der Waals surface area (Å²) in [5, 5.41) is 0. The smallest absolute Gasteiger partial charge is 0.406 e. The SMILES string of the molecule is CN(CC(N)=O)C(=O)Cc1ccc(OC(F)(F)F)cc1. The van der Waals surface area contributed by atoms with Crippen molar-refractivity contribution in [2.24, 2.45) is 5.73 Å². The average molecular weight is 290 g/mol. The molecule has 2 amide bonds. The zero-order valence-corrected chi connectivity index (χ0v) is 10.6. The van der Waals surface area contributed by atoms with Gasteiger partial charge in [0, 0.05) is 7.05 Å². The summed E-state index contributed by atoms with van der Waals surface area (Å²) in [5.41, 5.74) is 5.45. The Labute approximate surface area is 113 Å². The number of alkyl halides is 3. The first-order chi connectivity index (χ1) is 9.17. The number of benzene rings is 1. The third-order valence-corrected chi connectivity index (χ3v) is 2.33. The summed E-state index contributed by atoms with van der Waals surface area (Å²) in [6.07, 6.45) is -4.80. The number of nitrogens with zero attached hydrogens (tertiary/aromatic N) is 1. The number of ether oxygens (including phenoxy) is 1. The van der Waals surface area contributed by atoms with Gasteiger partial charge < -0.3 is 15.4 Å². The molecule has 0 aliphatic carbocycles. The van der Waals surface area contributed by atoms with Crippen molar-refractivity contribution < 1.29 is 27.5 Å². The van der Waals surface area contributed by atoms with Crippen LogP contribution in [0.15, 0.2) is 24.3 Å². The summed E-state index contributed by atoms with van der Waals surface area (Å²) in [4.78, 5) is 23.5. The van der Waals surface area contributed by atoms with Crippen LogP contribution in [0, 0.1) is 0 Å². The third-order valence-electron chi connectivity index (χ3n) is 2.33. The van der Waals surface area contributed by atoms with Crippen LogP contribution in [0.3, 0.4) is 0 Å². The third kappa shape index (κ3) is 5.59. The van der Waals surface area contributed by atoms with E-state index in [0.29, 0.717) is 5.56 Å². The van der Waals surface area contributed by atoms with E-state index in [1.807, 2.05) is 0 Å². The Morgan fingerprint density at radius 3 is 2.25 bits per heavy atom. The summed E-state index contributed by atoms with van der Waals surface area (Å²) in [6.45, 7) is -0.214. The molecule has 1 rings (SSSR count). The minimum absolute atomic E-state index is 0.0456. The van der Waals surface area contributed by atoms with Gasteiger partial charge in [-0.1, -0.05) is 12.1 Å². The first-order valence-corrected chi connectivity index (χ1v) is 5.54. The maximum absolute atomic E-state index is 12.0. The zero-order chi connectivity index (χ0) is 15.3. The fourth-order valence-electron chi connectivity index (χ4n) is 1.44. The van der Waals surface area contributed by atoms with E-state index in [1.54, 1.807) is 0 Å². The predicted octanol–water partition coefficient (Wildman–Crippen LogP) is 1.07. The minimum atomic E-state index is -4.75. The van der Waals surface area contributed by atoms with E-state index in [4.69, 9.17) is 5.73 Å². The van der Waals surface area contributed by atoms with Gasteiger partial charge in [-0.25, -0.2) is 0 Å². The van der Waals surface area contributed by atoms with Crippen LogP contribution < -0.4 is 10.5 Å². The van der Waals surface area contributed by atoms with Crippen LogP contribution >= 0.6 is 0 Å². The van der Waals surface area contributed by atoms with Crippen molar-refractivity contribution in [3.8, 4) is 5.75 Å². The van der Waals surface area contributed by atoms with Gasteiger partial charge in [0.2, 0.25) is 11.8 Å². The highest BCUT2D eigenvalue weighted by Gasteiger charge is 2.30. The van der Waals surface area contributed by atoms with Crippen molar-refractivity contribution in [1.29, 1.82) is 0 Å². The van der Waals surface area contributed by atoms with Gasteiger partial charge in [-0.05, 0) is 17.7 Å². The lowest BCUT2D eigenvalue weighted by atomic mass is 10.1. The van der Waals surface area contributed by atoms with Crippen LogP contribution in [-0.2, 0) is 16.0 Å². The molecule has 0 fully saturated rings. The van der Waals surface area contributed by atoms with Crippen molar-refractivity contribution >= 4 is 11.8 Å². The van der Waals surface area contributed by atoms with Gasteiger partial charge in [-0.2, -0.15) is 0 Å². The van der Waals surface area contributed by atoms with Gasteiger partial charge in [0.25, 0.3) is 0 Å². The number of primary amides is 1. The van der Waals surface area contributed by atoms with Crippen molar-refractivity contribution in [2.75, 3.05) is 13.6 Å². The summed E-state index contributed by atoms with van der Waals surface area (Å²) >= 11 is 0. The van der Waals surface area contributed by atoms with Gasteiger partial charge in [0.1, 0.15) is 5.75 Å². The molecule has 0 aromatic heterocycles. The predicted molar refractivity (Wildman–Crippen MR) is 63.7 cm³/mol. The molecule has 110 valence electrons. The highest BCUT2D eigenvalue weighted by Crippen LogP contribution is 2.22. The zero-order valence-electron chi connectivity index (χ0n) is 10.6. The van der Waals surface area contributed by atoms with E-state index in [0.717, 1.165) is 17.0 Å². The van der Waals surface area contributed by atoms with E-state index in [1.165, 1.54) is 19.2 Å². The molecule has 5 nitrogen and oxygen atoms in total. The fourth-order valence-corrected chi connectivity index (χ4v) is 1.44. The monoisotopic (exact) mass is 290 g/mol. The molecule has 0 aliphatic heterocycles. The highest BCUT2D eigenvalue weighted by atomic mass is 19.4. The first-order valence-electron chi connectivity index (χ1n) is 5.54. The Kier molecular flexibility index (Phi) is 4.95. The Bertz CT molecular complexity index is 486. The largest absolute Gasteiger partial charge is 0.573 e. The molecule has 1 aromatic carbocycles.